The van der Waals surface area contributed by atoms with Gasteiger partial charge in [-0.25, -0.2) is 0 Å². The molecule has 2 nitrogen and oxygen atoms in total. The molecule has 1 rings (SSSR count). The van der Waals surface area contributed by atoms with Gasteiger partial charge in [0.1, 0.15) is 0 Å². The van der Waals surface area contributed by atoms with Crippen LogP contribution in [-0.2, 0) is 21.4 Å². The SMILES string of the molecule is COC(=O)Cc1ccc(C(C)(C)C)cc1C. The Bertz CT molecular complexity index is 386. The van der Waals surface area contributed by atoms with Crippen molar-refractivity contribution < 1.29 is 9.53 Å². The first-order valence-electron chi connectivity index (χ1n) is 5.51. The number of methoxy groups -OCH3 is 1. The van der Waals surface area contributed by atoms with Gasteiger partial charge in [0.25, 0.3) is 0 Å². The van der Waals surface area contributed by atoms with Gasteiger partial charge in [-0.05, 0) is 29.0 Å². The van der Waals surface area contributed by atoms with Gasteiger partial charge in [0, 0.05) is 0 Å². The summed E-state index contributed by atoms with van der Waals surface area (Å²) in [4.78, 5) is 11.2. The monoisotopic (exact) mass is 220 g/mol. The molecule has 88 valence electrons. The van der Waals surface area contributed by atoms with E-state index in [2.05, 4.69) is 37.6 Å². The Hall–Kier alpha value is -1.31. The second-order valence-electron chi connectivity index (χ2n) is 5.14. The molecule has 0 amide bonds. The van der Waals surface area contributed by atoms with Crippen LogP contribution in [0.3, 0.4) is 0 Å². The van der Waals surface area contributed by atoms with Gasteiger partial charge >= 0.3 is 5.97 Å². The van der Waals surface area contributed by atoms with Crippen molar-refractivity contribution in [3.8, 4) is 0 Å². The summed E-state index contributed by atoms with van der Waals surface area (Å²) in [5.41, 5.74) is 3.63. The molecule has 0 heterocycles. The molecule has 0 aliphatic carbocycles. The molecule has 0 atom stereocenters. The molecule has 0 saturated carbocycles. The third-order valence-electron chi connectivity index (χ3n) is 2.77. The lowest BCUT2D eigenvalue weighted by molar-refractivity contribution is -0.139. The minimum Gasteiger partial charge on any atom is -0.469 e. The Balaban J connectivity index is 2.96. The topological polar surface area (TPSA) is 26.3 Å². The van der Waals surface area contributed by atoms with Gasteiger partial charge in [-0.15, -0.1) is 0 Å². The van der Waals surface area contributed by atoms with Crippen LogP contribution in [0.15, 0.2) is 18.2 Å². The molecule has 0 spiro atoms. The zero-order chi connectivity index (χ0) is 12.3. The molecule has 16 heavy (non-hydrogen) atoms. The average molecular weight is 220 g/mol. The Labute approximate surface area is 97.6 Å². The quantitative estimate of drug-likeness (QED) is 0.716. The maximum Gasteiger partial charge on any atom is 0.309 e. The molecule has 0 aliphatic rings. The van der Waals surface area contributed by atoms with Crippen molar-refractivity contribution in [1.29, 1.82) is 0 Å². The van der Waals surface area contributed by atoms with E-state index in [1.165, 1.54) is 12.7 Å². The number of benzene rings is 1. The van der Waals surface area contributed by atoms with E-state index in [-0.39, 0.29) is 11.4 Å². The summed E-state index contributed by atoms with van der Waals surface area (Å²) in [7, 11) is 1.42. The average Bonchev–Trinajstić information content (AvgIpc) is 2.19. The Kier molecular flexibility index (Phi) is 3.74. The van der Waals surface area contributed by atoms with Crippen molar-refractivity contribution in [3.63, 3.8) is 0 Å². The molecule has 0 fully saturated rings. The Morgan fingerprint density at radius 1 is 1.31 bits per heavy atom. The van der Waals surface area contributed by atoms with E-state index in [9.17, 15) is 4.79 Å². The molecule has 0 aromatic heterocycles. The second kappa shape index (κ2) is 4.69. The van der Waals surface area contributed by atoms with Gasteiger partial charge in [-0.1, -0.05) is 39.0 Å². The minimum atomic E-state index is -0.188. The van der Waals surface area contributed by atoms with Crippen LogP contribution in [0.25, 0.3) is 0 Å². The lowest BCUT2D eigenvalue weighted by Crippen LogP contribution is -2.12. The number of aryl methyl sites for hydroxylation is 1. The van der Waals surface area contributed by atoms with Crippen LogP contribution in [-0.4, -0.2) is 13.1 Å². The number of hydrogen-bond acceptors (Lipinski definition) is 2. The smallest absolute Gasteiger partial charge is 0.309 e. The first-order chi connectivity index (χ1) is 7.34. The second-order valence-corrected chi connectivity index (χ2v) is 5.14. The molecule has 0 bridgehead atoms. The third-order valence-corrected chi connectivity index (χ3v) is 2.77. The molecule has 2 heteroatoms. The molecule has 1 aromatic rings. The highest BCUT2D eigenvalue weighted by atomic mass is 16.5. The molecule has 0 saturated heterocycles. The van der Waals surface area contributed by atoms with Gasteiger partial charge in [-0.2, -0.15) is 0 Å². The van der Waals surface area contributed by atoms with Gasteiger partial charge in [0.05, 0.1) is 13.5 Å². The number of carbonyl (C=O) groups excluding carboxylic acids is 1. The van der Waals surface area contributed by atoms with Crippen molar-refractivity contribution >= 4 is 5.97 Å². The molecule has 0 N–H and O–H groups in total. The Morgan fingerprint density at radius 2 is 1.94 bits per heavy atom. The largest absolute Gasteiger partial charge is 0.469 e. The van der Waals surface area contributed by atoms with Crippen LogP contribution >= 0.6 is 0 Å². The van der Waals surface area contributed by atoms with Crippen molar-refractivity contribution in [1.82, 2.24) is 0 Å². The van der Waals surface area contributed by atoms with E-state index >= 15 is 0 Å². The normalized spacial score (nSPS) is 11.3. The van der Waals surface area contributed by atoms with Crippen LogP contribution in [0, 0.1) is 6.92 Å². The van der Waals surface area contributed by atoms with Crippen LogP contribution in [0.5, 0.6) is 0 Å². The van der Waals surface area contributed by atoms with Gasteiger partial charge in [-0.3, -0.25) is 4.79 Å². The summed E-state index contributed by atoms with van der Waals surface area (Å²) in [6.07, 6.45) is 0.354. The van der Waals surface area contributed by atoms with E-state index < -0.39 is 0 Å². The highest BCUT2D eigenvalue weighted by Crippen LogP contribution is 2.24. The highest BCUT2D eigenvalue weighted by Gasteiger charge is 2.15. The number of esters is 1. The summed E-state index contributed by atoms with van der Waals surface area (Å²) < 4.78 is 4.67. The highest BCUT2D eigenvalue weighted by molar-refractivity contribution is 5.72. The minimum absolute atomic E-state index is 0.147. The fraction of sp³-hybridized carbons (Fsp3) is 0.500. The third kappa shape index (κ3) is 3.09. The first-order valence-corrected chi connectivity index (χ1v) is 5.51. The van der Waals surface area contributed by atoms with Gasteiger partial charge < -0.3 is 4.74 Å². The number of rotatable bonds is 2. The summed E-state index contributed by atoms with van der Waals surface area (Å²) in [5.74, 6) is -0.188. The summed E-state index contributed by atoms with van der Waals surface area (Å²) in [6, 6.07) is 6.26. The zero-order valence-electron chi connectivity index (χ0n) is 10.8. The van der Waals surface area contributed by atoms with Crippen molar-refractivity contribution in [2.75, 3.05) is 7.11 Å². The van der Waals surface area contributed by atoms with Crippen molar-refractivity contribution in [2.45, 2.75) is 39.5 Å². The zero-order valence-corrected chi connectivity index (χ0v) is 10.8. The summed E-state index contributed by atoms with van der Waals surface area (Å²) >= 11 is 0. The first kappa shape index (κ1) is 12.8. The molecule has 0 radical (unpaired) electrons. The molecule has 1 aromatic carbocycles. The number of ether oxygens (including phenoxy) is 1. The lowest BCUT2D eigenvalue weighted by Gasteiger charge is -2.20. The Morgan fingerprint density at radius 3 is 2.38 bits per heavy atom. The predicted molar refractivity (Wildman–Crippen MR) is 65.6 cm³/mol. The molecule has 0 unspecified atom stereocenters. The van der Waals surface area contributed by atoms with Crippen LogP contribution < -0.4 is 0 Å². The maximum atomic E-state index is 11.2. The van der Waals surface area contributed by atoms with E-state index in [4.69, 9.17) is 0 Å². The van der Waals surface area contributed by atoms with Crippen LogP contribution in [0.4, 0.5) is 0 Å². The van der Waals surface area contributed by atoms with Crippen LogP contribution in [0.1, 0.15) is 37.5 Å². The fourth-order valence-electron chi connectivity index (χ4n) is 1.59. The molecular formula is C14H20O2. The lowest BCUT2D eigenvalue weighted by atomic mass is 9.85. The summed E-state index contributed by atoms with van der Waals surface area (Å²) in [5, 5.41) is 0. The van der Waals surface area contributed by atoms with E-state index in [0.29, 0.717) is 6.42 Å². The van der Waals surface area contributed by atoms with Gasteiger partial charge in [0.15, 0.2) is 0 Å². The standard InChI is InChI=1S/C14H20O2/c1-10-8-12(14(2,3)4)7-6-11(10)9-13(15)16-5/h6-8H,9H2,1-5H3. The van der Waals surface area contributed by atoms with E-state index in [1.807, 2.05) is 13.0 Å². The van der Waals surface area contributed by atoms with Crippen molar-refractivity contribution in [2.24, 2.45) is 0 Å². The molecule has 0 aliphatic heterocycles. The fourth-order valence-corrected chi connectivity index (χ4v) is 1.59. The van der Waals surface area contributed by atoms with Crippen LogP contribution in [0.2, 0.25) is 0 Å². The molecular weight excluding hydrogens is 200 g/mol. The summed E-state index contributed by atoms with van der Waals surface area (Å²) in [6.45, 7) is 8.58. The predicted octanol–water partition coefficient (Wildman–Crippen LogP) is 3.01. The number of carbonyl (C=O) groups is 1. The van der Waals surface area contributed by atoms with Gasteiger partial charge in [0.2, 0.25) is 0 Å². The van der Waals surface area contributed by atoms with Crippen molar-refractivity contribution in [3.05, 3.63) is 34.9 Å². The maximum absolute atomic E-state index is 11.2. The van der Waals surface area contributed by atoms with E-state index in [1.54, 1.807) is 0 Å². The number of hydrogen-bond donors (Lipinski definition) is 0. The van der Waals surface area contributed by atoms with E-state index in [0.717, 1.165) is 11.1 Å².